The molecule has 156 valence electrons. The van der Waals surface area contributed by atoms with E-state index in [9.17, 15) is 9.59 Å². The maximum atomic E-state index is 13.2. The molecular formula is C21H16N4O4S2. The van der Waals surface area contributed by atoms with E-state index in [1.165, 1.54) is 9.30 Å². The molecule has 0 aliphatic carbocycles. The van der Waals surface area contributed by atoms with Crippen molar-refractivity contribution in [2.75, 3.05) is 19.2 Å². The summed E-state index contributed by atoms with van der Waals surface area (Å²) in [5.41, 5.74) is 1.45. The van der Waals surface area contributed by atoms with Crippen molar-refractivity contribution in [1.82, 2.24) is 14.3 Å². The molecule has 0 saturated carbocycles. The minimum Gasteiger partial charge on any atom is -0.454 e. The summed E-state index contributed by atoms with van der Waals surface area (Å²) < 4.78 is 12.7. The summed E-state index contributed by atoms with van der Waals surface area (Å²) >= 11 is 6.36. The van der Waals surface area contributed by atoms with E-state index in [2.05, 4.69) is 10.3 Å². The van der Waals surface area contributed by atoms with Crippen molar-refractivity contribution in [1.29, 1.82) is 0 Å². The molecule has 31 heavy (non-hydrogen) atoms. The molecule has 1 N–H and O–H groups in total. The normalized spacial score (nSPS) is 16.5. The molecule has 2 aliphatic rings. The third-order valence-corrected chi connectivity index (χ3v) is 6.41. The molecule has 10 heteroatoms. The van der Waals surface area contributed by atoms with Crippen LogP contribution in [0.5, 0.6) is 11.5 Å². The third-order valence-electron chi connectivity index (χ3n) is 4.93. The van der Waals surface area contributed by atoms with Crippen LogP contribution < -0.4 is 20.3 Å². The Kier molecular flexibility index (Phi) is 4.87. The zero-order chi connectivity index (χ0) is 21.5. The van der Waals surface area contributed by atoms with Gasteiger partial charge >= 0.3 is 0 Å². The lowest BCUT2D eigenvalue weighted by Gasteiger charge is -2.11. The lowest BCUT2D eigenvalue weighted by Crippen LogP contribution is -2.23. The van der Waals surface area contributed by atoms with Gasteiger partial charge in [-0.25, -0.2) is 4.98 Å². The second-order valence-corrected chi connectivity index (χ2v) is 8.57. The summed E-state index contributed by atoms with van der Waals surface area (Å²) in [7, 11) is 1.61. The van der Waals surface area contributed by atoms with Crippen molar-refractivity contribution in [3.63, 3.8) is 0 Å². The van der Waals surface area contributed by atoms with Crippen LogP contribution in [0, 0.1) is 0 Å². The summed E-state index contributed by atoms with van der Waals surface area (Å²) in [6.07, 6.45) is 3.20. The van der Waals surface area contributed by atoms with Crippen molar-refractivity contribution < 1.29 is 14.3 Å². The number of thioether (sulfide) groups is 1. The fourth-order valence-electron chi connectivity index (χ4n) is 3.28. The Hall–Kier alpha value is -3.37. The maximum Gasteiger partial charge on any atom is 0.267 e. The zero-order valence-electron chi connectivity index (χ0n) is 16.3. The zero-order valence-corrected chi connectivity index (χ0v) is 18.0. The van der Waals surface area contributed by atoms with Crippen LogP contribution in [0.25, 0.3) is 11.7 Å². The first kappa shape index (κ1) is 19.6. The number of carbonyl (C=O) groups excluding carboxylic acids is 1. The second kappa shape index (κ2) is 7.71. The number of rotatable bonds is 4. The number of aromatic nitrogens is 2. The van der Waals surface area contributed by atoms with Crippen LogP contribution in [-0.2, 0) is 11.3 Å². The van der Waals surface area contributed by atoms with Gasteiger partial charge in [0.25, 0.3) is 11.5 Å². The van der Waals surface area contributed by atoms with Crippen molar-refractivity contribution in [2.24, 2.45) is 0 Å². The van der Waals surface area contributed by atoms with Crippen molar-refractivity contribution in [2.45, 2.75) is 6.54 Å². The lowest BCUT2D eigenvalue weighted by atomic mass is 10.2. The predicted molar refractivity (Wildman–Crippen MR) is 122 cm³/mol. The van der Waals surface area contributed by atoms with E-state index in [0.29, 0.717) is 44.3 Å². The number of nitrogens with zero attached hydrogens (tertiary/aromatic N) is 3. The number of nitrogens with one attached hydrogen (secondary N) is 1. The molecule has 1 amide bonds. The van der Waals surface area contributed by atoms with Crippen LogP contribution in [0.1, 0.15) is 11.1 Å². The molecule has 2 aromatic heterocycles. The highest BCUT2D eigenvalue weighted by atomic mass is 32.2. The van der Waals surface area contributed by atoms with Gasteiger partial charge in [-0.3, -0.25) is 18.9 Å². The van der Waals surface area contributed by atoms with Crippen molar-refractivity contribution in [3.05, 3.63) is 69.0 Å². The summed E-state index contributed by atoms with van der Waals surface area (Å²) in [6.45, 7) is 0.608. The number of ether oxygens (including phenoxy) is 2. The van der Waals surface area contributed by atoms with E-state index in [0.717, 1.165) is 17.3 Å². The Morgan fingerprint density at radius 3 is 2.87 bits per heavy atom. The van der Waals surface area contributed by atoms with Gasteiger partial charge in [0.1, 0.15) is 15.8 Å². The van der Waals surface area contributed by atoms with Gasteiger partial charge in [0, 0.05) is 19.8 Å². The Morgan fingerprint density at radius 2 is 2.06 bits per heavy atom. The number of hydrogen-bond donors (Lipinski definition) is 1. The van der Waals surface area contributed by atoms with E-state index >= 15 is 0 Å². The molecule has 8 nitrogen and oxygen atoms in total. The summed E-state index contributed by atoms with van der Waals surface area (Å²) in [4.78, 5) is 32.1. The third kappa shape index (κ3) is 3.53. The first-order valence-corrected chi connectivity index (χ1v) is 10.6. The molecule has 0 atom stereocenters. The number of benzene rings is 1. The fraction of sp³-hybridized carbons (Fsp3) is 0.143. The highest BCUT2D eigenvalue weighted by Crippen LogP contribution is 2.33. The Labute approximate surface area is 186 Å². The second-order valence-electron chi connectivity index (χ2n) is 6.89. The van der Waals surface area contributed by atoms with Crippen LogP contribution >= 0.6 is 24.0 Å². The number of amides is 1. The number of likely N-dealkylation sites (N-methyl/N-ethyl adjacent to an activating group) is 1. The van der Waals surface area contributed by atoms with Gasteiger partial charge in [0.15, 0.2) is 11.5 Å². The number of thiocarbonyl (C=S) groups is 1. The molecule has 4 heterocycles. The SMILES string of the molecule is CN1C(=O)C(=Cc2c(NCc3ccc4c(c3)OCO4)nc3ccccn3c2=O)SC1=S. The van der Waals surface area contributed by atoms with Crippen molar-refractivity contribution in [3.8, 4) is 11.5 Å². The maximum absolute atomic E-state index is 13.2. The minimum atomic E-state index is -0.278. The Morgan fingerprint density at radius 1 is 1.23 bits per heavy atom. The molecule has 0 unspecified atom stereocenters. The van der Waals surface area contributed by atoms with Gasteiger partial charge in [-0.05, 0) is 35.9 Å². The summed E-state index contributed by atoms with van der Waals surface area (Å²) in [6, 6.07) is 11.0. The smallest absolute Gasteiger partial charge is 0.267 e. The minimum absolute atomic E-state index is 0.203. The number of anilines is 1. The van der Waals surface area contributed by atoms with Gasteiger partial charge in [0.05, 0.1) is 10.5 Å². The highest BCUT2D eigenvalue weighted by Gasteiger charge is 2.29. The first-order chi connectivity index (χ1) is 15.0. The van der Waals surface area contributed by atoms with Gasteiger partial charge in [-0.1, -0.05) is 36.1 Å². The fourth-order valence-corrected chi connectivity index (χ4v) is 4.44. The van der Waals surface area contributed by atoms with E-state index in [1.54, 1.807) is 31.5 Å². The largest absolute Gasteiger partial charge is 0.454 e. The van der Waals surface area contributed by atoms with Gasteiger partial charge < -0.3 is 14.8 Å². The van der Waals surface area contributed by atoms with Crippen molar-refractivity contribution >= 4 is 51.7 Å². The average Bonchev–Trinajstić information content (AvgIpc) is 3.34. The summed E-state index contributed by atoms with van der Waals surface area (Å²) in [5, 5.41) is 3.23. The molecular weight excluding hydrogens is 436 g/mol. The topological polar surface area (TPSA) is 85.2 Å². The Bertz CT molecular complexity index is 1330. The van der Waals surface area contributed by atoms with E-state index in [4.69, 9.17) is 21.7 Å². The molecule has 0 bridgehead atoms. The van der Waals surface area contributed by atoms with Gasteiger partial charge in [-0.15, -0.1) is 0 Å². The van der Waals surface area contributed by atoms with Crippen LogP contribution in [0.15, 0.2) is 52.3 Å². The number of pyridine rings is 1. The quantitative estimate of drug-likeness (QED) is 0.478. The molecule has 0 radical (unpaired) electrons. The number of carbonyl (C=O) groups is 1. The molecule has 1 saturated heterocycles. The van der Waals surface area contributed by atoms with Crippen LogP contribution in [0.3, 0.4) is 0 Å². The number of fused-ring (bicyclic) bond motifs is 2. The highest BCUT2D eigenvalue weighted by molar-refractivity contribution is 8.26. The molecule has 3 aromatic rings. The monoisotopic (exact) mass is 452 g/mol. The summed E-state index contributed by atoms with van der Waals surface area (Å²) in [5.74, 6) is 1.52. The lowest BCUT2D eigenvalue weighted by molar-refractivity contribution is -0.121. The van der Waals surface area contributed by atoms with E-state index < -0.39 is 0 Å². The first-order valence-electron chi connectivity index (χ1n) is 9.36. The van der Waals surface area contributed by atoms with Gasteiger partial charge in [-0.2, -0.15) is 0 Å². The predicted octanol–water partition coefficient (Wildman–Crippen LogP) is 2.87. The van der Waals surface area contributed by atoms with E-state index in [1.807, 2.05) is 24.3 Å². The van der Waals surface area contributed by atoms with Crippen LogP contribution in [0.4, 0.5) is 5.82 Å². The molecule has 2 aliphatic heterocycles. The standard InChI is InChI=1S/C21H16N4O4S2/c1-24-20(27)16(31-21(24)30)9-13-18(23-17-4-2-3-7-25(17)19(13)26)22-10-12-5-6-14-15(8-12)29-11-28-14/h2-9,22H,10-11H2,1H3. The van der Waals surface area contributed by atoms with Crippen LogP contribution in [-0.4, -0.2) is 38.4 Å². The molecule has 5 rings (SSSR count). The average molecular weight is 453 g/mol. The molecule has 0 spiro atoms. The number of hydrogen-bond acceptors (Lipinski definition) is 8. The van der Waals surface area contributed by atoms with Crippen LogP contribution in [0.2, 0.25) is 0 Å². The Balaban J connectivity index is 1.55. The molecule has 1 aromatic carbocycles. The van der Waals surface area contributed by atoms with Gasteiger partial charge in [0.2, 0.25) is 6.79 Å². The van der Waals surface area contributed by atoms with E-state index in [-0.39, 0.29) is 18.3 Å². The molecule has 1 fully saturated rings.